The maximum atomic E-state index is 12.4. The van der Waals surface area contributed by atoms with E-state index in [1.165, 1.54) is 6.42 Å². The van der Waals surface area contributed by atoms with E-state index in [1.807, 2.05) is 19.1 Å². The Kier molecular flexibility index (Phi) is 6.51. The van der Waals surface area contributed by atoms with Crippen LogP contribution in [0.3, 0.4) is 0 Å². The number of carbonyl (C=O) groups is 2. The van der Waals surface area contributed by atoms with Gasteiger partial charge >= 0.3 is 0 Å². The first kappa shape index (κ1) is 17.9. The van der Waals surface area contributed by atoms with Gasteiger partial charge in [-0.1, -0.05) is 26.7 Å². The summed E-state index contributed by atoms with van der Waals surface area (Å²) in [5.41, 5.74) is 1.35. The molecule has 2 rings (SSSR count). The summed E-state index contributed by atoms with van der Waals surface area (Å²) in [6.45, 7) is 6.47. The Labute approximate surface area is 142 Å². The normalized spacial score (nSPS) is 15.6. The molecule has 0 saturated heterocycles. The van der Waals surface area contributed by atoms with Gasteiger partial charge in [0.15, 0.2) is 0 Å². The molecule has 4 nitrogen and oxygen atoms in total. The van der Waals surface area contributed by atoms with Crippen LogP contribution in [0.15, 0.2) is 23.1 Å². The Balaban J connectivity index is 1.96. The van der Waals surface area contributed by atoms with Gasteiger partial charge in [-0.3, -0.25) is 9.59 Å². The molecule has 0 aliphatic carbocycles. The number of fused-ring (bicyclic) bond motifs is 1. The van der Waals surface area contributed by atoms with Crippen molar-refractivity contribution in [2.75, 3.05) is 11.1 Å². The second-order valence-electron chi connectivity index (χ2n) is 6.56. The van der Waals surface area contributed by atoms with E-state index in [-0.39, 0.29) is 17.9 Å². The van der Waals surface area contributed by atoms with Gasteiger partial charge in [-0.2, -0.15) is 0 Å². The number of thioether (sulfide) groups is 1. The van der Waals surface area contributed by atoms with Crippen molar-refractivity contribution in [1.82, 2.24) is 5.32 Å². The molecule has 1 atom stereocenters. The van der Waals surface area contributed by atoms with Crippen LogP contribution in [0.2, 0.25) is 0 Å². The van der Waals surface area contributed by atoms with Crippen molar-refractivity contribution < 1.29 is 9.59 Å². The number of carbonyl (C=O) groups excluding carboxylic acids is 2. The topological polar surface area (TPSA) is 58.2 Å². The molecule has 0 bridgehead atoms. The second kappa shape index (κ2) is 8.39. The predicted octanol–water partition coefficient (Wildman–Crippen LogP) is 4.07. The summed E-state index contributed by atoms with van der Waals surface area (Å²) >= 11 is 1.65. The molecular formula is C18H26N2O2S. The largest absolute Gasteiger partial charge is 0.350 e. The Morgan fingerprint density at radius 2 is 2.09 bits per heavy atom. The summed E-state index contributed by atoms with van der Waals surface area (Å²) in [5, 5.41) is 5.92. The molecule has 0 spiro atoms. The highest BCUT2D eigenvalue weighted by molar-refractivity contribution is 7.99. The van der Waals surface area contributed by atoms with Crippen LogP contribution in [0.5, 0.6) is 0 Å². The minimum Gasteiger partial charge on any atom is -0.350 e. The summed E-state index contributed by atoms with van der Waals surface area (Å²) in [6.07, 6.45) is 3.80. The van der Waals surface area contributed by atoms with E-state index in [0.717, 1.165) is 29.2 Å². The Morgan fingerprint density at radius 3 is 2.83 bits per heavy atom. The fraction of sp³-hybridized carbons (Fsp3) is 0.556. The summed E-state index contributed by atoms with van der Waals surface area (Å²) in [5.74, 6) is 1.41. The molecule has 0 radical (unpaired) electrons. The van der Waals surface area contributed by atoms with E-state index in [0.29, 0.717) is 17.9 Å². The molecule has 126 valence electrons. The third-order valence-electron chi connectivity index (χ3n) is 3.90. The number of amides is 2. The predicted molar refractivity (Wildman–Crippen MR) is 96.0 cm³/mol. The molecule has 1 heterocycles. The van der Waals surface area contributed by atoms with Crippen molar-refractivity contribution in [3.63, 3.8) is 0 Å². The van der Waals surface area contributed by atoms with E-state index in [1.54, 1.807) is 17.8 Å². The standard InChI is InChI=1S/C18H26N2O2S/c1-12(2)5-4-6-13(3)19-18(22)14-7-8-16-15(11-14)20-17(21)9-10-23-16/h7-8,11-13H,4-6,9-10H2,1-3H3,(H,19,22)(H,20,21). The van der Waals surface area contributed by atoms with Crippen LogP contribution in [-0.4, -0.2) is 23.6 Å². The zero-order chi connectivity index (χ0) is 16.8. The second-order valence-corrected chi connectivity index (χ2v) is 7.69. The molecule has 5 heteroatoms. The fourth-order valence-corrected chi connectivity index (χ4v) is 3.51. The Morgan fingerprint density at radius 1 is 1.30 bits per heavy atom. The molecule has 23 heavy (non-hydrogen) atoms. The average molecular weight is 334 g/mol. The molecule has 0 saturated carbocycles. The van der Waals surface area contributed by atoms with Crippen LogP contribution in [0, 0.1) is 5.92 Å². The van der Waals surface area contributed by atoms with Crippen LogP contribution in [0.4, 0.5) is 5.69 Å². The van der Waals surface area contributed by atoms with Crippen LogP contribution < -0.4 is 10.6 Å². The molecule has 1 aliphatic heterocycles. The lowest BCUT2D eigenvalue weighted by Crippen LogP contribution is -2.32. The first-order chi connectivity index (χ1) is 11.0. The van der Waals surface area contributed by atoms with E-state index in [9.17, 15) is 9.59 Å². The van der Waals surface area contributed by atoms with Crippen LogP contribution >= 0.6 is 11.8 Å². The van der Waals surface area contributed by atoms with Crippen molar-refractivity contribution in [2.24, 2.45) is 5.92 Å². The number of benzene rings is 1. The van der Waals surface area contributed by atoms with Crippen molar-refractivity contribution in [2.45, 2.75) is 57.4 Å². The molecule has 1 aromatic rings. The van der Waals surface area contributed by atoms with E-state index in [4.69, 9.17) is 0 Å². The maximum absolute atomic E-state index is 12.4. The lowest BCUT2D eigenvalue weighted by molar-refractivity contribution is -0.115. The van der Waals surface area contributed by atoms with Crippen molar-refractivity contribution in [3.8, 4) is 0 Å². The van der Waals surface area contributed by atoms with E-state index < -0.39 is 0 Å². The van der Waals surface area contributed by atoms with Gasteiger partial charge in [0.05, 0.1) is 5.69 Å². The Hall–Kier alpha value is -1.49. The van der Waals surface area contributed by atoms with Gasteiger partial charge in [0.25, 0.3) is 5.91 Å². The van der Waals surface area contributed by atoms with Crippen LogP contribution in [-0.2, 0) is 4.79 Å². The number of nitrogens with one attached hydrogen (secondary N) is 2. The van der Waals surface area contributed by atoms with Crippen molar-refractivity contribution in [3.05, 3.63) is 23.8 Å². The minimum absolute atomic E-state index is 0.0101. The molecule has 1 aliphatic rings. The van der Waals surface area contributed by atoms with Crippen molar-refractivity contribution >= 4 is 29.3 Å². The first-order valence-electron chi connectivity index (χ1n) is 8.33. The molecule has 2 N–H and O–H groups in total. The first-order valence-corrected chi connectivity index (χ1v) is 9.32. The van der Waals surface area contributed by atoms with E-state index in [2.05, 4.69) is 24.5 Å². The fourth-order valence-electron chi connectivity index (χ4n) is 2.57. The summed E-state index contributed by atoms with van der Waals surface area (Å²) in [7, 11) is 0. The number of rotatable bonds is 6. The number of anilines is 1. The number of hydrogen-bond donors (Lipinski definition) is 2. The minimum atomic E-state index is -0.0756. The SMILES string of the molecule is CC(C)CCCC(C)NC(=O)c1ccc2c(c1)NC(=O)CCS2. The molecule has 0 fully saturated rings. The smallest absolute Gasteiger partial charge is 0.251 e. The summed E-state index contributed by atoms with van der Waals surface area (Å²) in [4.78, 5) is 25.1. The maximum Gasteiger partial charge on any atom is 0.251 e. The zero-order valence-electron chi connectivity index (χ0n) is 14.1. The van der Waals surface area contributed by atoms with Crippen LogP contribution in [0.25, 0.3) is 0 Å². The lowest BCUT2D eigenvalue weighted by Gasteiger charge is -2.15. The summed E-state index contributed by atoms with van der Waals surface area (Å²) in [6, 6.07) is 5.69. The molecular weight excluding hydrogens is 308 g/mol. The lowest BCUT2D eigenvalue weighted by atomic mass is 10.0. The van der Waals surface area contributed by atoms with Gasteiger partial charge in [0, 0.05) is 28.7 Å². The zero-order valence-corrected chi connectivity index (χ0v) is 15.0. The molecule has 0 aromatic heterocycles. The third kappa shape index (κ3) is 5.57. The van der Waals surface area contributed by atoms with Gasteiger partial charge in [-0.15, -0.1) is 11.8 Å². The molecule has 1 unspecified atom stereocenters. The third-order valence-corrected chi connectivity index (χ3v) is 4.97. The Bertz CT molecular complexity index is 572. The highest BCUT2D eigenvalue weighted by Gasteiger charge is 2.16. The molecule has 1 aromatic carbocycles. The average Bonchev–Trinajstić information content (AvgIpc) is 2.66. The summed E-state index contributed by atoms with van der Waals surface area (Å²) < 4.78 is 0. The van der Waals surface area contributed by atoms with Gasteiger partial charge in [-0.05, 0) is 37.5 Å². The molecule has 2 amide bonds. The van der Waals surface area contributed by atoms with E-state index >= 15 is 0 Å². The quantitative estimate of drug-likeness (QED) is 0.824. The highest BCUT2D eigenvalue weighted by atomic mass is 32.2. The van der Waals surface area contributed by atoms with Gasteiger partial charge in [0.1, 0.15) is 0 Å². The van der Waals surface area contributed by atoms with Crippen LogP contribution in [0.1, 0.15) is 56.8 Å². The van der Waals surface area contributed by atoms with Crippen molar-refractivity contribution in [1.29, 1.82) is 0 Å². The van der Waals surface area contributed by atoms with Gasteiger partial charge in [-0.25, -0.2) is 0 Å². The van der Waals surface area contributed by atoms with Gasteiger partial charge in [0.2, 0.25) is 5.91 Å². The number of hydrogen-bond acceptors (Lipinski definition) is 3. The van der Waals surface area contributed by atoms with Gasteiger partial charge < -0.3 is 10.6 Å². The highest BCUT2D eigenvalue weighted by Crippen LogP contribution is 2.31. The monoisotopic (exact) mass is 334 g/mol.